The van der Waals surface area contributed by atoms with Crippen molar-refractivity contribution in [1.82, 2.24) is 4.90 Å². The average molecular weight is 362 g/mol. The molecule has 5 heteroatoms. The van der Waals surface area contributed by atoms with Crippen LogP contribution in [0.4, 0.5) is 0 Å². The molecular formula is C20H27NO3S. The fourth-order valence-corrected chi connectivity index (χ4v) is 3.00. The van der Waals surface area contributed by atoms with Crippen molar-refractivity contribution in [2.75, 3.05) is 33.6 Å². The number of nitrogens with zero attached hydrogens (tertiary/aromatic N) is 1. The summed E-state index contributed by atoms with van der Waals surface area (Å²) in [7, 11) is 3.65. The topological polar surface area (TPSA) is 41.9 Å². The summed E-state index contributed by atoms with van der Waals surface area (Å²) in [6.07, 6.45) is 1.56. The van der Waals surface area contributed by atoms with Crippen molar-refractivity contribution in [2.45, 2.75) is 24.2 Å². The van der Waals surface area contributed by atoms with E-state index in [9.17, 15) is 5.11 Å². The number of ether oxygens (including phenoxy) is 2. The summed E-state index contributed by atoms with van der Waals surface area (Å²) in [5.74, 6) is 0.814. The zero-order valence-corrected chi connectivity index (χ0v) is 16.0. The number of thioether (sulfide) groups is 1. The van der Waals surface area contributed by atoms with Gasteiger partial charge in [-0.15, -0.1) is 11.8 Å². The normalized spacial score (nSPS) is 12.4. The van der Waals surface area contributed by atoms with E-state index in [-0.39, 0.29) is 0 Å². The molecule has 0 aliphatic carbocycles. The molecule has 0 fully saturated rings. The molecule has 0 amide bonds. The Bertz CT molecular complexity index is 633. The quantitative estimate of drug-likeness (QED) is 0.657. The fraction of sp³-hybridized carbons (Fsp3) is 0.400. The van der Waals surface area contributed by atoms with Crippen molar-refractivity contribution >= 4 is 11.8 Å². The molecule has 0 bridgehead atoms. The lowest BCUT2D eigenvalue weighted by molar-refractivity contribution is 0.0127. The van der Waals surface area contributed by atoms with Crippen molar-refractivity contribution in [3.05, 3.63) is 59.7 Å². The van der Waals surface area contributed by atoms with Crippen LogP contribution in [-0.4, -0.2) is 49.7 Å². The predicted molar refractivity (Wildman–Crippen MR) is 103 cm³/mol. The molecule has 0 heterocycles. The van der Waals surface area contributed by atoms with Crippen LogP contribution in [0.25, 0.3) is 0 Å². The highest BCUT2D eigenvalue weighted by atomic mass is 32.2. The lowest BCUT2D eigenvalue weighted by atomic mass is 10.2. The molecule has 2 aromatic rings. The van der Waals surface area contributed by atoms with Gasteiger partial charge in [0.25, 0.3) is 0 Å². The van der Waals surface area contributed by atoms with E-state index in [1.807, 2.05) is 31.3 Å². The summed E-state index contributed by atoms with van der Waals surface area (Å²) in [6.45, 7) is 2.16. The molecule has 4 nitrogen and oxygen atoms in total. The Hall–Kier alpha value is -1.53. The monoisotopic (exact) mass is 361 g/mol. The number of aliphatic hydroxyl groups excluding tert-OH is 1. The Morgan fingerprint density at radius 3 is 2.56 bits per heavy atom. The highest BCUT2D eigenvalue weighted by Crippen LogP contribution is 2.16. The Kier molecular flexibility index (Phi) is 8.28. The Balaban J connectivity index is 1.70. The summed E-state index contributed by atoms with van der Waals surface area (Å²) < 4.78 is 10.8. The van der Waals surface area contributed by atoms with E-state index in [2.05, 4.69) is 35.4 Å². The van der Waals surface area contributed by atoms with Crippen LogP contribution in [-0.2, 0) is 17.9 Å². The molecule has 1 unspecified atom stereocenters. The number of benzene rings is 2. The molecule has 0 saturated carbocycles. The Morgan fingerprint density at radius 2 is 1.88 bits per heavy atom. The van der Waals surface area contributed by atoms with Gasteiger partial charge < -0.3 is 14.6 Å². The van der Waals surface area contributed by atoms with Crippen molar-refractivity contribution < 1.29 is 14.6 Å². The molecule has 2 rings (SSSR count). The van der Waals surface area contributed by atoms with Gasteiger partial charge in [0.15, 0.2) is 0 Å². The number of aliphatic hydroxyl groups is 1. The van der Waals surface area contributed by atoms with Gasteiger partial charge in [0.1, 0.15) is 5.75 Å². The van der Waals surface area contributed by atoms with Crippen LogP contribution in [0.3, 0.4) is 0 Å². The number of likely N-dealkylation sites (N-methyl/N-ethyl adjacent to an activating group) is 1. The van der Waals surface area contributed by atoms with E-state index < -0.39 is 6.10 Å². The third kappa shape index (κ3) is 7.08. The zero-order valence-electron chi connectivity index (χ0n) is 15.1. The Labute approximate surface area is 154 Å². The molecule has 0 saturated heterocycles. The predicted octanol–water partition coefficient (Wildman–Crippen LogP) is 3.43. The number of hydrogen-bond donors (Lipinski definition) is 1. The minimum Gasteiger partial charge on any atom is -0.497 e. The van der Waals surface area contributed by atoms with Gasteiger partial charge in [0.2, 0.25) is 0 Å². The van der Waals surface area contributed by atoms with Gasteiger partial charge in [-0.3, -0.25) is 4.90 Å². The lowest BCUT2D eigenvalue weighted by Gasteiger charge is -2.20. The SMILES string of the molecule is COc1cccc(COCC(O)CN(C)Cc2ccc(SC)cc2)c1. The first-order valence-corrected chi connectivity index (χ1v) is 9.53. The summed E-state index contributed by atoms with van der Waals surface area (Å²) in [4.78, 5) is 3.37. The largest absolute Gasteiger partial charge is 0.497 e. The first kappa shape index (κ1) is 19.8. The standard InChI is InChI=1S/C20H27NO3S/c1-21(12-16-7-9-20(25-3)10-8-16)13-18(22)15-24-14-17-5-4-6-19(11-17)23-2/h4-11,18,22H,12-15H2,1-3H3. The van der Waals surface area contributed by atoms with Gasteiger partial charge >= 0.3 is 0 Å². The smallest absolute Gasteiger partial charge is 0.119 e. The lowest BCUT2D eigenvalue weighted by Crippen LogP contribution is -2.31. The van der Waals surface area contributed by atoms with Gasteiger partial charge in [-0.05, 0) is 48.7 Å². The third-order valence-corrected chi connectivity index (χ3v) is 4.59. The van der Waals surface area contributed by atoms with Gasteiger partial charge in [0.05, 0.1) is 26.4 Å². The van der Waals surface area contributed by atoms with E-state index in [1.165, 1.54) is 10.5 Å². The van der Waals surface area contributed by atoms with E-state index >= 15 is 0 Å². The van der Waals surface area contributed by atoms with Crippen LogP contribution in [0.5, 0.6) is 5.75 Å². The fourth-order valence-electron chi connectivity index (χ4n) is 2.59. The van der Waals surface area contributed by atoms with Crippen LogP contribution in [0.2, 0.25) is 0 Å². The number of hydrogen-bond acceptors (Lipinski definition) is 5. The van der Waals surface area contributed by atoms with Crippen LogP contribution < -0.4 is 4.74 Å². The molecule has 136 valence electrons. The first-order chi connectivity index (χ1) is 12.1. The molecule has 0 aromatic heterocycles. The van der Waals surface area contributed by atoms with Crippen molar-refractivity contribution in [2.24, 2.45) is 0 Å². The second-order valence-electron chi connectivity index (χ2n) is 6.07. The highest BCUT2D eigenvalue weighted by Gasteiger charge is 2.09. The summed E-state index contributed by atoms with van der Waals surface area (Å²) in [5.41, 5.74) is 2.28. The molecule has 1 N–H and O–H groups in total. The second kappa shape index (κ2) is 10.5. The zero-order chi connectivity index (χ0) is 18.1. The van der Waals surface area contributed by atoms with Gasteiger partial charge in [-0.1, -0.05) is 24.3 Å². The summed E-state index contributed by atoms with van der Waals surface area (Å²) in [6, 6.07) is 16.3. The maximum Gasteiger partial charge on any atom is 0.119 e. The average Bonchev–Trinajstić information content (AvgIpc) is 2.62. The summed E-state index contributed by atoms with van der Waals surface area (Å²) in [5, 5.41) is 10.2. The van der Waals surface area contributed by atoms with Crippen molar-refractivity contribution in [1.29, 1.82) is 0 Å². The molecule has 1 atom stereocenters. The molecular weight excluding hydrogens is 334 g/mol. The first-order valence-electron chi connectivity index (χ1n) is 8.31. The third-order valence-electron chi connectivity index (χ3n) is 3.85. The minimum absolute atomic E-state index is 0.312. The molecule has 0 spiro atoms. The van der Waals surface area contributed by atoms with Gasteiger partial charge in [-0.2, -0.15) is 0 Å². The number of methoxy groups -OCH3 is 1. The second-order valence-corrected chi connectivity index (χ2v) is 6.94. The van der Waals surface area contributed by atoms with Crippen molar-refractivity contribution in [3.63, 3.8) is 0 Å². The van der Waals surface area contributed by atoms with Crippen LogP contribution in [0.1, 0.15) is 11.1 Å². The maximum absolute atomic E-state index is 10.2. The van der Waals surface area contributed by atoms with Crippen LogP contribution in [0.15, 0.2) is 53.4 Å². The van der Waals surface area contributed by atoms with Crippen LogP contribution in [0, 0.1) is 0 Å². The molecule has 0 aliphatic rings. The number of rotatable bonds is 10. The van der Waals surface area contributed by atoms with E-state index in [4.69, 9.17) is 9.47 Å². The van der Waals surface area contributed by atoms with E-state index in [1.54, 1.807) is 18.9 Å². The van der Waals surface area contributed by atoms with Crippen molar-refractivity contribution in [3.8, 4) is 5.75 Å². The van der Waals surface area contributed by atoms with Gasteiger partial charge in [0, 0.05) is 18.0 Å². The van der Waals surface area contributed by atoms with E-state index in [0.29, 0.717) is 19.8 Å². The molecule has 0 radical (unpaired) electrons. The maximum atomic E-state index is 10.2. The molecule has 25 heavy (non-hydrogen) atoms. The molecule has 2 aromatic carbocycles. The minimum atomic E-state index is -0.513. The Morgan fingerprint density at radius 1 is 1.12 bits per heavy atom. The summed E-state index contributed by atoms with van der Waals surface area (Å²) >= 11 is 1.74. The van der Waals surface area contributed by atoms with Crippen LogP contribution >= 0.6 is 11.8 Å². The molecule has 0 aliphatic heterocycles. The van der Waals surface area contributed by atoms with E-state index in [0.717, 1.165) is 17.9 Å². The highest BCUT2D eigenvalue weighted by molar-refractivity contribution is 7.98. The van der Waals surface area contributed by atoms with Gasteiger partial charge in [-0.25, -0.2) is 0 Å².